The number of aliphatic hydroxyl groups is 2. The molecule has 0 rings (SSSR count). The molecule has 0 aliphatic carbocycles. The van der Waals surface area contributed by atoms with Crippen LogP contribution in [-0.2, 0) is 14.1 Å². The lowest BCUT2D eigenvalue weighted by atomic mass is 10.0. The number of carbonyl (C=O) groups excluding carboxylic acids is 1. The highest BCUT2D eigenvalue weighted by Gasteiger charge is 2.07. The van der Waals surface area contributed by atoms with E-state index in [9.17, 15) is 4.79 Å². The van der Waals surface area contributed by atoms with Crippen molar-refractivity contribution >= 4 is 13.8 Å². The van der Waals surface area contributed by atoms with Crippen molar-refractivity contribution in [2.75, 3.05) is 45.9 Å². The molecule has 10 nitrogen and oxygen atoms in total. The fourth-order valence-electron chi connectivity index (χ4n) is 6.43. The Morgan fingerprint density at radius 1 is 0.607 bits per heavy atom. The number of hydrogen-bond acceptors (Lipinski definition) is 7. The molecule has 6 N–H and O–H groups in total. The fraction of sp³-hybridized carbons (Fsp3) is 0.933. The van der Waals surface area contributed by atoms with Crippen LogP contribution in [0.3, 0.4) is 0 Å². The second-order valence-corrected chi connectivity index (χ2v) is 16.4. The van der Waals surface area contributed by atoms with Crippen molar-refractivity contribution in [1.82, 2.24) is 10.2 Å². The molecule has 0 aromatic heterocycles. The second-order valence-electron chi connectivity index (χ2n) is 15.4. The Kier molecular flexibility index (Phi) is 53.4. The maximum Gasteiger partial charge on any atom is 0.466 e. The van der Waals surface area contributed by atoms with E-state index in [1.165, 1.54) is 200 Å². The molecule has 56 heavy (non-hydrogen) atoms. The number of nitrogens with one attached hydrogen (secondary N) is 1. The van der Waals surface area contributed by atoms with Crippen LogP contribution in [0.5, 0.6) is 0 Å². The zero-order valence-corrected chi connectivity index (χ0v) is 38.1. The number of aliphatic hydroxyl groups excluding tert-OH is 2. The number of esters is 1. The Hall–Kier alpha value is -0.840. The molecule has 0 amide bonds. The summed E-state index contributed by atoms with van der Waals surface area (Å²) in [6.45, 7) is 14.5. The van der Waals surface area contributed by atoms with E-state index >= 15 is 0 Å². The van der Waals surface area contributed by atoms with Crippen molar-refractivity contribution in [1.29, 1.82) is 0 Å². The summed E-state index contributed by atoms with van der Waals surface area (Å²) in [4.78, 5) is 35.5. The fourth-order valence-corrected chi connectivity index (χ4v) is 6.43. The molecular weight excluding hydrogens is 727 g/mol. The van der Waals surface area contributed by atoms with Gasteiger partial charge in [-0.25, -0.2) is 4.57 Å². The van der Waals surface area contributed by atoms with Gasteiger partial charge in [0.25, 0.3) is 0 Å². The summed E-state index contributed by atoms with van der Waals surface area (Å²) in [6, 6.07) is 0. The molecule has 11 heteroatoms. The molecule has 0 heterocycles. The number of rotatable bonds is 40. The van der Waals surface area contributed by atoms with Crippen molar-refractivity contribution in [2.45, 2.75) is 226 Å². The van der Waals surface area contributed by atoms with Crippen molar-refractivity contribution in [3.05, 3.63) is 12.2 Å². The normalized spacial score (nSPS) is 12.0. The first-order valence-corrected chi connectivity index (χ1v) is 24.9. The molecule has 1 unspecified atom stereocenters. The largest absolute Gasteiger partial charge is 0.466 e. The Balaban J connectivity index is -0.000000894. The minimum atomic E-state index is -4.64. The van der Waals surface area contributed by atoms with Crippen molar-refractivity contribution in [3.63, 3.8) is 0 Å². The molecule has 0 bridgehead atoms. The lowest BCUT2D eigenvalue weighted by Gasteiger charge is -2.17. The number of phosphoric acid groups is 1. The Morgan fingerprint density at radius 2 is 0.982 bits per heavy atom. The van der Waals surface area contributed by atoms with Crippen LogP contribution in [0.15, 0.2) is 12.2 Å². The van der Waals surface area contributed by atoms with Crippen LogP contribution in [0, 0.1) is 0 Å². The highest BCUT2D eigenvalue weighted by atomic mass is 31.2. The lowest BCUT2D eigenvalue weighted by Crippen LogP contribution is -2.23. The van der Waals surface area contributed by atoms with Crippen molar-refractivity contribution in [2.24, 2.45) is 0 Å². The Morgan fingerprint density at radius 3 is 1.38 bits per heavy atom. The monoisotopic (exact) mass is 823 g/mol. The predicted octanol–water partition coefficient (Wildman–Crippen LogP) is 11.2. The lowest BCUT2D eigenvalue weighted by molar-refractivity contribution is -0.147. The van der Waals surface area contributed by atoms with Crippen LogP contribution in [-0.4, -0.2) is 87.8 Å². The topological polar surface area (TPSA) is 160 Å². The van der Waals surface area contributed by atoms with Crippen LogP contribution < -0.4 is 5.32 Å². The van der Waals surface area contributed by atoms with E-state index in [4.69, 9.17) is 34.2 Å². The summed E-state index contributed by atoms with van der Waals surface area (Å²) in [5.74, 6) is -0.276. The zero-order chi connectivity index (χ0) is 42.2. The van der Waals surface area contributed by atoms with Crippen LogP contribution in [0.4, 0.5) is 0 Å². The Labute approximate surface area is 346 Å². The first kappa shape index (κ1) is 59.5. The number of unbranched alkanes of at least 4 members (excludes halogenated alkanes) is 26. The maximum absolute atomic E-state index is 11.4. The first-order chi connectivity index (χ1) is 27.0. The van der Waals surface area contributed by atoms with Crippen molar-refractivity contribution in [3.8, 4) is 0 Å². The van der Waals surface area contributed by atoms with E-state index < -0.39 is 13.9 Å². The van der Waals surface area contributed by atoms with E-state index in [-0.39, 0.29) is 19.2 Å². The van der Waals surface area contributed by atoms with Gasteiger partial charge in [0.2, 0.25) is 0 Å². The summed E-state index contributed by atoms with van der Waals surface area (Å²) in [6.07, 6.45) is 43.3. The van der Waals surface area contributed by atoms with Gasteiger partial charge in [0, 0.05) is 6.42 Å². The minimum Gasteiger partial charge on any atom is -0.463 e. The van der Waals surface area contributed by atoms with Gasteiger partial charge in [-0.15, -0.1) is 0 Å². The number of ether oxygens (including phenoxy) is 1. The molecule has 0 spiro atoms. The smallest absolute Gasteiger partial charge is 0.463 e. The SMILES string of the molecule is CCCCCCCCCCCCCCCCCC(=O)OCC(O)CO.CCNCCCCCCCCC=CCCCCCCCCN(CC)CC.O=P(O)(O)O. The number of nitrogens with zero attached hydrogens (tertiary/aromatic N) is 1. The number of hydrogen-bond donors (Lipinski definition) is 6. The van der Waals surface area contributed by atoms with E-state index in [0.29, 0.717) is 6.42 Å². The van der Waals surface area contributed by atoms with Gasteiger partial charge < -0.3 is 39.8 Å². The third kappa shape index (κ3) is 62.4. The number of carbonyl (C=O) groups is 1. The highest BCUT2D eigenvalue weighted by Crippen LogP contribution is 2.25. The van der Waals surface area contributed by atoms with Gasteiger partial charge in [0.1, 0.15) is 12.7 Å². The average Bonchev–Trinajstić information content (AvgIpc) is 3.17. The molecule has 0 radical (unpaired) electrons. The van der Waals surface area contributed by atoms with Crippen LogP contribution in [0.25, 0.3) is 0 Å². The minimum absolute atomic E-state index is 0.103. The van der Waals surface area contributed by atoms with Gasteiger partial charge in [-0.2, -0.15) is 0 Å². The summed E-state index contributed by atoms with van der Waals surface area (Å²) in [5.41, 5.74) is 0. The van der Waals surface area contributed by atoms with E-state index in [1.54, 1.807) is 0 Å². The van der Waals surface area contributed by atoms with Crippen molar-refractivity contribution < 1.29 is 39.0 Å². The third-order valence-electron chi connectivity index (χ3n) is 10.0. The standard InChI is InChI=1S/C24H50N2.C21H42O4.H3O4P/c1-4-25-23-21-19-17-15-13-11-9-7-8-10-12-14-16-18-20-22-24-26(5-2)6-3;1-2-3-4-5-6-7-8-9-10-11-12-13-14-15-16-17-21(24)25-19-20(23)18-22;1-5(2,3)4/h7-8,25H,4-6,9-24H2,1-3H3;20,22-23H,2-19H2,1H3;(H3,1,2,3,4). The molecular formula is C45H95N2O8P. The van der Waals surface area contributed by atoms with Gasteiger partial charge in [0.05, 0.1) is 6.61 Å². The molecule has 0 saturated carbocycles. The first-order valence-electron chi connectivity index (χ1n) is 23.4. The van der Waals surface area contributed by atoms with Gasteiger partial charge >= 0.3 is 13.8 Å². The quantitative estimate of drug-likeness (QED) is 0.0152. The van der Waals surface area contributed by atoms with E-state index in [0.717, 1.165) is 19.4 Å². The van der Waals surface area contributed by atoms with Gasteiger partial charge in [-0.1, -0.05) is 181 Å². The summed E-state index contributed by atoms with van der Waals surface area (Å²) < 4.78 is 13.7. The molecule has 0 fully saturated rings. The predicted molar refractivity (Wildman–Crippen MR) is 238 cm³/mol. The van der Waals surface area contributed by atoms with Gasteiger partial charge in [-0.05, 0) is 77.7 Å². The van der Waals surface area contributed by atoms with E-state index in [1.807, 2.05) is 0 Å². The zero-order valence-electron chi connectivity index (χ0n) is 37.3. The van der Waals surface area contributed by atoms with Crippen LogP contribution in [0.1, 0.15) is 220 Å². The summed E-state index contributed by atoms with van der Waals surface area (Å²) in [5, 5.41) is 21.1. The molecule has 0 aliphatic rings. The number of allylic oxidation sites excluding steroid dienone is 2. The highest BCUT2D eigenvalue weighted by molar-refractivity contribution is 7.45. The summed E-state index contributed by atoms with van der Waals surface area (Å²) >= 11 is 0. The van der Waals surface area contributed by atoms with Crippen LogP contribution in [0.2, 0.25) is 0 Å². The third-order valence-corrected chi connectivity index (χ3v) is 10.0. The molecule has 0 aliphatic heterocycles. The Bertz CT molecular complexity index is 818. The molecule has 0 saturated heterocycles. The van der Waals surface area contributed by atoms with Crippen LogP contribution >= 0.6 is 7.82 Å². The van der Waals surface area contributed by atoms with Gasteiger partial charge in [0.15, 0.2) is 0 Å². The molecule has 0 aromatic rings. The molecule has 0 aromatic carbocycles. The molecule has 1 atom stereocenters. The van der Waals surface area contributed by atoms with Gasteiger partial charge in [-0.3, -0.25) is 4.79 Å². The molecule has 338 valence electrons. The van der Waals surface area contributed by atoms with E-state index in [2.05, 4.69) is 50.1 Å². The second kappa shape index (κ2) is 50.3. The average molecular weight is 823 g/mol. The summed E-state index contributed by atoms with van der Waals surface area (Å²) in [7, 11) is -4.64. The maximum atomic E-state index is 11.4.